The summed E-state index contributed by atoms with van der Waals surface area (Å²) in [5.41, 5.74) is 1.37. The minimum atomic E-state index is -0.782. The third-order valence-corrected chi connectivity index (χ3v) is 8.79. The Morgan fingerprint density at radius 2 is 1.70 bits per heavy atom. The fraction of sp³-hybridized carbons (Fsp3) is 0.250. The van der Waals surface area contributed by atoms with Crippen molar-refractivity contribution in [1.29, 1.82) is 0 Å². The number of thiophene rings is 1. The summed E-state index contributed by atoms with van der Waals surface area (Å²) in [5.74, 6) is -0.684. The maximum absolute atomic E-state index is 14.9. The van der Waals surface area contributed by atoms with Crippen molar-refractivity contribution in [3.8, 4) is 27.6 Å². The van der Waals surface area contributed by atoms with Gasteiger partial charge in [0.25, 0.3) is 5.56 Å². The number of aryl methyl sites for hydroxylation is 1. The molecule has 0 saturated carbocycles. The summed E-state index contributed by atoms with van der Waals surface area (Å²) in [6.07, 6.45) is 0. The summed E-state index contributed by atoms with van der Waals surface area (Å²) >= 11 is 1.26. The molecule has 0 unspecified atom stereocenters. The molecule has 0 atom stereocenters. The zero-order valence-electron chi connectivity index (χ0n) is 23.9. The van der Waals surface area contributed by atoms with Gasteiger partial charge in [-0.2, -0.15) is 0 Å². The molecule has 0 spiro atoms. The molecule has 0 fully saturated rings. The predicted molar refractivity (Wildman–Crippen MR) is 162 cm³/mol. The predicted octanol–water partition coefficient (Wildman–Crippen LogP) is 5.32. The van der Waals surface area contributed by atoms with Crippen LogP contribution in [-0.2, 0) is 17.8 Å². The first-order valence-electron chi connectivity index (χ1n) is 13.7. The van der Waals surface area contributed by atoms with E-state index in [0.717, 1.165) is 32.7 Å². The van der Waals surface area contributed by atoms with Crippen LogP contribution in [0.2, 0.25) is 0 Å². The van der Waals surface area contributed by atoms with Crippen LogP contribution in [0.4, 0.5) is 8.78 Å². The SMILES string of the molecule is COCCN(C)Cc1c(-c2ccc(C)cc2)sc2c1c(=O)n(-c1ccc3c(c1)OCO3)c(=O)n2Cc1c(F)cccc1F. The van der Waals surface area contributed by atoms with Crippen LogP contribution in [0.15, 0.2) is 70.3 Å². The first-order chi connectivity index (χ1) is 20.8. The van der Waals surface area contributed by atoms with Crippen LogP contribution < -0.4 is 20.7 Å². The Morgan fingerprint density at radius 1 is 0.977 bits per heavy atom. The van der Waals surface area contributed by atoms with Crippen molar-refractivity contribution in [2.75, 3.05) is 34.1 Å². The number of likely N-dealkylation sites (N-methyl/N-ethyl adjacent to an activating group) is 1. The number of nitrogens with zero attached hydrogens (tertiary/aromatic N) is 3. The van der Waals surface area contributed by atoms with Gasteiger partial charge in [0.15, 0.2) is 11.5 Å². The van der Waals surface area contributed by atoms with Crippen LogP contribution in [-0.4, -0.2) is 48.1 Å². The van der Waals surface area contributed by atoms with Gasteiger partial charge in [-0.05, 0) is 49.4 Å². The topological polar surface area (TPSA) is 74.9 Å². The lowest BCUT2D eigenvalue weighted by Crippen LogP contribution is -2.39. The maximum atomic E-state index is 14.9. The zero-order valence-corrected chi connectivity index (χ0v) is 24.7. The molecule has 0 N–H and O–H groups in total. The number of methoxy groups -OCH3 is 1. The first kappa shape index (κ1) is 28.8. The Kier molecular flexibility index (Phi) is 7.87. The van der Waals surface area contributed by atoms with Gasteiger partial charge in [-0.1, -0.05) is 35.9 Å². The van der Waals surface area contributed by atoms with Crippen molar-refractivity contribution in [3.05, 3.63) is 110 Å². The number of halogens is 2. The quantitative estimate of drug-likeness (QED) is 0.226. The Morgan fingerprint density at radius 3 is 2.42 bits per heavy atom. The van der Waals surface area contributed by atoms with Crippen LogP contribution in [0.1, 0.15) is 16.7 Å². The molecule has 5 aromatic rings. The number of hydrogen-bond donors (Lipinski definition) is 0. The van der Waals surface area contributed by atoms with Gasteiger partial charge in [0, 0.05) is 36.7 Å². The molecule has 1 aliphatic rings. The van der Waals surface area contributed by atoms with Gasteiger partial charge in [-0.15, -0.1) is 11.3 Å². The van der Waals surface area contributed by atoms with Gasteiger partial charge in [-0.25, -0.2) is 18.1 Å². The summed E-state index contributed by atoms with van der Waals surface area (Å²) < 4.78 is 48.4. The largest absolute Gasteiger partial charge is 0.454 e. The third-order valence-electron chi connectivity index (χ3n) is 7.48. The summed E-state index contributed by atoms with van der Waals surface area (Å²) in [6, 6.07) is 16.2. The number of hydrogen-bond acceptors (Lipinski definition) is 7. The van der Waals surface area contributed by atoms with Crippen molar-refractivity contribution in [1.82, 2.24) is 14.0 Å². The Bertz CT molecular complexity index is 1930. The molecule has 222 valence electrons. The summed E-state index contributed by atoms with van der Waals surface area (Å²) in [7, 11) is 3.54. The standard InChI is InChI=1S/C32H29F2N3O5S/c1-19-7-9-20(10-8-19)29-23(16-35(2)13-14-40-3)28-30(38)37(21-11-12-26-27(15-21)42-18-41-26)32(39)36(31(28)43-29)17-22-24(33)5-4-6-25(22)34/h4-12,15H,13-14,16-18H2,1-3H3. The van der Waals surface area contributed by atoms with E-state index >= 15 is 0 Å². The van der Waals surface area contributed by atoms with E-state index in [2.05, 4.69) is 0 Å². The molecule has 0 saturated heterocycles. The van der Waals surface area contributed by atoms with Gasteiger partial charge >= 0.3 is 5.69 Å². The fourth-order valence-electron chi connectivity index (χ4n) is 5.19. The lowest BCUT2D eigenvalue weighted by molar-refractivity contribution is 0.159. The van der Waals surface area contributed by atoms with Gasteiger partial charge in [0.2, 0.25) is 6.79 Å². The third kappa shape index (κ3) is 5.35. The number of fused-ring (bicyclic) bond motifs is 2. The van der Waals surface area contributed by atoms with Crippen LogP contribution in [0.5, 0.6) is 11.5 Å². The van der Waals surface area contributed by atoms with E-state index in [1.807, 2.05) is 43.1 Å². The van der Waals surface area contributed by atoms with E-state index in [1.54, 1.807) is 25.3 Å². The second-order valence-electron chi connectivity index (χ2n) is 10.4. The van der Waals surface area contributed by atoms with E-state index < -0.39 is 29.4 Å². The number of benzene rings is 3. The smallest absolute Gasteiger partial charge is 0.337 e. The van der Waals surface area contributed by atoms with Crippen molar-refractivity contribution in [3.63, 3.8) is 0 Å². The second-order valence-corrected chi connectivity index (χ2v) is 11.4. The van der Waals surface area contributed by atoms with Crippen LogP contribution in [0.3, 0.4) is 0 Å². The van der Waals surface area contributed by atoms with E-state index in [4.69, 9.17) is 14.2 Å². The number of ether oxygens (including phenoxy) is 3. The minimum absolute atomic E-state index is 0.0198. The van der Waals surface area contributed by atoms with Crippen LogP contribution in [0.25, 0.3) is 26.3 Å². The van der Waals surface area contributed by atoms with E-state index in [-0.39, 0.29) is 18.0 Å². The lowest BCUT2D eigenvalue weighted by Gasteiger charge is -2.18. The number of aromatic nitrogens is 2. The molecule has 8 nitrogen and oxygen atoms in total. The van der Waals surface area contributed by atoms with Gasteiger partial charge in [0.1, 0.15) is 16.5 Å². The molecule has 3 heterocycles. The molecular formula is C32H29F2N3O5S. The molecule has 43 heavy (non-hydrogen) atoms. The average molecular weight is 606 g/mol. The van der Waals surface area contributed by atoms with Crippen LogP contribution >= 0.6 is 11.3 Å². The normalized spacial score (nSPS) is 12.5. The molecule has 0 amide bonds. The molecular weight excluding hydrogens is 576 g/mol. The first-order valence-corrected chi connectivity index (χ1v) is 14.5. The minimum Gasteiger partial charge on any atom is -0.454 e. The molecule has 0 bridgehead atoms. The van der Waals surface area contributed by atoms with Gasteiger partial charge in [0.05, 0.1) is 24.2 Å². The molecule has 0 aliphatic carbocycles. The van der Waals surface area contributed by atoms with Crippen LogP contribution in [0, 0.1) is 18.6 Å². The second kappa shape index (κ2) is 11.8. The highest BCUT2D eigenvalue weighted by atomic mass is 32.1. The van der Waals surface area contributed by atoms with Gasteiger partial charge in [-0.3, -0.25) is 14.3 Å². The summed E-state index contributed by atoms with van der Waals surface area (Å²) in [6.45, 7) is 3.04. The molecule has 2 aromatic heterocycles. The summed E-state index contributed by atoms with van der Waals surface area (Å²) in [4.78, 5) is 31.7. The Balaban J connectivity index is 1.67. The monoisotopic (exact) mass is 605 g/mol. The Hall–Kier alpha value is -4.32. The van der Waals surface area contributed by atoms with E-state index in [0.29, 0.717) is 47.0 Å². The van der Waals surface area contributed by atoms with Crippen molar-refractivity contribution in [2.45, 2.75) is 20.0 Å². The zero-order chi connectivity index (χ0) is 30.2. The van der Waals surface area contributed by atoms with Crippen molar-refractivity contribution < 1.29 is 23.0 Å². The highest BCUT2D eigenvalue weighted by Crippen LogP contribution is 2.39. The molecule has 6 rings (SSSR count). The maximum Gasteiger partial charge on any atom is 0.337 e. The Labute approximate surface area is 249 Å². The fourth-order valence-corrected chi connectivity index (χ4v) is 6.49. The lowest BCUT2D eigenvalue weighted by atomic mass is 10.1. The van der Waals surface area contributed by atoms with E-state index in [9.17, 15) is 18.4 Å². The average Bonchev–Trinajstić information content (AvgIpc) is 3.61. The molecule has 3 aromatic carbocycles. The molecule has 0 radical (unpaired) electrons. The molecule has 1 aliphatic heterocycles. The number of rotatable bonds is 9. The molecule has 11 heteroatoms. The van der Waals surface area contributed by atoms with Crippen molar-refractivity contribution in [2.24, 2.45) is 0 Å². The highest BCUT2D eigenvalue weighted by molar-refractivity contribution is 7.22. The van der Waals surface area contributed by atoms with Gasteiger partial charge < -0.3 is 14.2 Å². The summed E-state index contributed by atoms with van der Waals surface area (Å²) in [5, 5.41) is 0.304. The van der Waals surface area contributed by atoms with E-state index in [1.165, 1.54) is 22.0 Å². The highest BCUT2D eigenvalue weighted by Gasteiger charge is 2.26. The van der Waals surface area contributed by atoms with Crippen molar-refractivity contribution >= 4 is 21.6 Å².